The molecular formula is C14H20Cl2N2O2S. The van der Waals surface area contributed by atoms with E-state index in [0.717, 1.165) is 0 Å². The molecule has 1 aliphatic rings. The molecule has 118 valence electrons. The maximum atomic E-state index is 12.6. The monoisotopic (exact) mass is 350 g/mol. The van der Waals surface area contributed by atoms with Crippen molar-refractivity contribution < 1.29 is 8.42 Å². The van der Waals surface area contributed by atoms with E-state index in [4.69, 9.17) is 28.9 Å². The van der Waals surface area contributed by atoms with E-state index in [-0.39, 0.29) is 17.2 Å². The van der Waals surface area contributed by atoms with Crippen LogP contribution in [0.4, 0.5) is 0 Å². The fourth-order valence-corrected chi connectivity index (χ4v) is 4.51. The summed E-state index contributed by atoms with van der Waals surface area (Å²) in [6.45, 7) is 4.91. The molecule has 0 radical (unpaired) electrons. The van der Waals surface area contributed by atoms with Crippen molar-refractivity contribution in [2.75, 3.05) is 13.1 Å². The number of nitrogens with zero attached hydrogens (tertiary/aromatic N) is 1. The van der Waals surface area contributed by atoms with Crippen molar-refractivity contribution in [1.82, 2.24) is 4.31 Å². The first-order chi connectivity index (χ1) is 9.62. The van der Waals surface area contributed by atoms with Crippen LogP contribution in [0.15, 0.2) is 18.2 Å². The van der Waals surface area contributed by atoms with Crippen LogP contribution in [-0.4, -0.2) is 31.9 Å². The van der Waals surface area contributed by atoms with E-state index in [9.17, 15) is 8.42 Å². The summed E-state index contributed by atoms with van der Waals surface area (Å²) < 4.78 is 26.6. The summed E-state index contributed by atoms with van der Waals surface area (Å²) in [5.41, 5.74) is 6.47. The molecule has 4 nitrogen and oxygen atoms in total. The van der Waals surface area contributed by atoms with Crippen LogP contribution in [0.3, 0.4) is 0 Å². The van der Waals surface area contributed by atoms with Crippen molar-refractivity contribution in [3.8, 4) is 0 Å². The van der Waals surface area contributed by atoms with E-state index in [1.807, 2.05) is 13.8 Å². The molecule has 0 bridgehead atoms. The molecule has 1 unspecified atom stereocenters. The van der Waals surface area contributed by atoms with Crippen LogP contribution < -0.4 is 5.73 Å². The molecule has 2 N–H and O–H groups in total. The van der Waals surface area contributed by atoms with Crippen molar-refractivity contribution in [2.24, 2.45) is 11.1 Å². The zero-order valence-corrected chi connectivity index (χ0v) is 14.5. The largest absolute Gasteiger partial charge is 0.327 e. The molecule has 1 aromatic rings. The van der Waals surface area contributed by atoms with Gasteiger partial charge in [0.25, 0.3) is 0 Å². The molecule has 1 aliphatic heterocycles. The lowest BCUT2D eigenvalue weighted by Gasteiger charge is -2.41. The normalized spacial score (nSPS) is 23.2. The van der Waals surface area contributed by atoms with Gasteiger partial charge >= 0.3 is 0 Å². The van der Waals surface area contributed by atoms with Crippen LogP contribution in [0.2, 0.25) is 10.0 Å². The van der Waals surface area contributed by atoms with Crippen LogP contribution in [0.5, 0.6) is 0 Å². The van der Waals surface area contributed by atoms with Gasteiger partial charge in [0.15, 0.2) is 0 Å². The number of nitrogens with two attached hydrogens (primary N) is 1. The maximum absolute atomic E-state index is 12.6. The molecule has 1 heterocycles. The minimum absolute atomic E-state index is 0.0222. The van der Waals surface area contributed by atoms with Crippen LogP contribution in [0, 0.1) is 5.41 Å². The second-order valence-electron chi connectivity index (χ2n) is 6.22. The molecule has 7 heteroatoms. The number of benzene rings is 1. The van der Waals surface area contributed by atoms with Gasteiger partial charge < -0.3 is 5.73 Å². The highest BCUT2D eigenvalue weighted by Gasteiger charge is 2.38. The minimum atomic E-state index is -3.38. The Hall–Kier alpha value is -0.330. The Morgan fingerprint density at radius 1 is 1.33 bits per heavy atom. The second kappa shape index (κ2) is 6.05. The van der Waals surface area contributed by atoms with Crippen LogP contribution >= 0.6 is 23.2 Å². The summed E-state index contributed by atoms with van der Waals surface area (Å²) in [6.07, 6.45) is 0.674. The third-order valence-electron chi connectivity index (χ3n) is 4.00. The smallest absolute Gasteiger partial charge is 0.218 e. The molecule has 0 aliphatic carbocycles. The summed E-state index contributed by atoms with van der Waals surface area (Å²) in [4.78, 5) is 0. The maximum Gasteiger partial charge on any atom is 0.218 e. The van der Waals surface area contributed by atoms with Crippen molar-refractivity contribution in [3.05, 3.63) is 33.8 Å². The number of sulfonamides is 1. The summed E-state index contributed by atoms with van der Waals surface area (Å²) in [6, 6.07) is 4.92. The van der Waals surface area contributed by atoms with Gasteiger partial charge in [-0.15, -0.1) is 0 Å². The highest BCUT2D eigenvalue weighted by atomic mass is 35.5. The first kappa shape index (κ1) is 17.0. The van der Waals surface area contributed by atoms with Gasteiger partial charge in [-0.05, 0) is 29.5 Å². The molecule has 0 saturated carbocycles. The van der Waals surface area contributed by atoms with Gasteiger partial charge in [-0.3, -0.25) is 0 Å². The number of halogens is 2. The van der Waals surface area contributed by atoms with Crippen LogP contribution in [0.25, 0.3) is 0 Å². The van der Waals surface area contributed by atoms with E-state index in [2.05, 4.69) is 0 Å². The summed E-state index contributed by atoms with van der Waals surface area (Å²) in [5, 5.41) is 0.785. The van der Waals surface area contributed by atoms with E-state index < -0.39 is 10.0 Å². The van der Waals surface area contributed by atoms with E-state index in [1.165, 1.54) is 4.31 Å². The lowest BCUT2D eigenvalue weighted by molar-refractivity contribution is 0.155. The summed E-state index contributed by atoms with van der Waals surface area (Å²) in [5.74, 6) is -0.0742. The van der Waals surface area contributed by atoms with E-state index in [1.54, 1.807) is 18.2 Å². The Morgan fingerprint density at radius 3 is 2.57 bits per heavy atom. The standard InChI is InChI=1S/C14H20Cl2N2O2S/c1-14(2)9-18(6-5-13(14)17)21(19,20)8-10-3-4-11(15)12(16)7-10/h3-4,7,13H,5-6,8-9,17H2,1-2H3. The molecule has 0 amide bonds. The fourth-order valence-electron chi connectivity index (χ4n) is 2.49. The van der Waals surface area contributed by atoms with Crippen LogP contribution in [0.1, 0.15) is 25.8 Å². The number of hydrogen-bond acceptors (Lipinski definition) is 3. The van der Waals surface area contributed by atoms with Crippen LogP contribution in [-0.2, 0) is 15.8 Å². The van der Waals surface area contributed by atoms with E-state index >= 15 is 0 Å². The minimum Gasteiger partial charge on any atom is -0.327 e. The van der Waals surface area contributed by atoms with Gasteiger partial charge in [0, 0.05) is 19.1 Å². The van der Waals surface area contributed by atoms with Gasteiger partial charge in [-0.25, -0.2) is 12.7 Å². The SMILES string of the molecule is CC1(C)CN(S(=O)(=O)Cc2ccc(Cl)c(Cl)c2)CCC1N. The summed E-state index contributed by atoms with van der Waals surface area (Å²) in [7, 11) is -3.38. The molecule has 21 heavy (non-hydrogen) atoms. The van der Waals surface area contributed by atoms with Gasteiger partial charge in [0.05, 0.1) is 15.8 Å². The predicted octanol–water partition coefficient (Wildman–Crippen LogP) is 2.88. The highest BCUT2D eigenvalue weighted by molar-refractivity contribution is 7.88. The lowest BCUT2D eigenvalue weighted by atomic mass is 9.81. The third kappa shape index (κ3) is 3.90. The average Bonchev–Trinajstić information content (AvgIpc) is 2.36. The Bertz CT molecular complexity index is 632. The van der Waals surface area contributed by atoms with Crippen molar-refractivity contribution in [2.45, 2.75) is 32.1 Å². The Morgan fingerprint density at radius 2 is 2.00 bits per heavy atom. The molecule has 0 aromatic heterocycles. The molecule has 0 spiro atoms. The lowest BCUT2D eigenvalue weighted by Crippen LogP contribution is -2.54. The zero-order chi connectivity index (χ0) is 15.8. The molecule has 1 saturated heterocycles. The molecule has 1 atom stereocenters. The zero-order valence-electron chi connectivity index (χ0n) is 12.1. The third-order valence-corrected chi connectivity index (χ3v) is 6.54. The second-order valence-corrected chi connectivity index (χ2v) is 9.01. The first-order valence-electron chi connectivity index (χ1n) is 6.79. The van der Waals surface area contributed by atoms with Crippen molar-refractivity contribution in [3.63, 3.8) is 0 Å². The van der Waals surface area contributed by atoms with Gasteiger partial charge in [-0.1, -0.05) is 43.1 Å². The van der Waals surface area contributed by atoms with Crippen molar-refractivity contribution >= 4 is 33.2 Å². The Kier molecular flexibility index (Phi) is 4.90. The predicted molar refractivity (Wildman–Crippen MR) is 87.0 cm³/mol. The van der Waals surface area contributed by atoms with E-state index in [0.29, 0.717) is 35.1 Å². The average molecular weight is 351 g/mol. The Labute approximate surface area is 136 Å². The topological polar surface area (TPSA) is 63.4 Å². The van der Waals surface area contributed by atoms with Gasteiger partial charge in [0.2, 0.25) is 10.0 Å². The van der Waals surface area contributed by atoms with Crippen molar-refractivity contribution in [1.29, 1.82) is 0 Å². The quantitative estimate of drug-likeness (QED) is 0.911. The highest BCUT2D eigenvalue weighted by Crippen LogP contribution is 2.30. The number of rotatable bonds is 3. The number of hydrogen-bond donors (Lipinski definition) is 1. The Balaban J connectivity index is 2.17. The summed E-state index contributed by atoms with van der Waals surface area (Å²) >= 11 is 11.8. The van der Waals surface area contributed by atoms with Gasteiger partial charge in [0.1, 0.15) is 0 Å². The molecule has 1 aromatic carbocycles. The van der Waals surface area contributed by atoms with Gasteiger partial charge in [-0.2, -0.15) is 0 Å². The number of piperidine rings is 1. The first-order valence-corrected chi connectivity index (χ1v) is 9.16. The molecular weight excluding hydrogens is 331 g/mol. The molecule has 1 fully saturated rings. The fraction of sp³-hybridized carbons (Fsp3) is 0.571. The molecule has 2 rings (SSSR count).